The number of carboxylic acids is 4. The van der Waals surface area contributed by atoms with Crippen LogP contribution in [0.1, 0.15) is 28.1 Å². The molecule has 0 aromatic heterocycles. The number of carbonyl (C=O) groups excluding carboxylic acids is 2. The normalized spacial score (nSPS) is 9.87. The molecule has 0 aromatic rings. The Labute approximate surface area is 314 Å². The Morgan fingerprint density at radius 3 is 0.851 bits per heavy atom. The first kappa shape index (κ1) is 53.7. The average molecular weight is 709 g/mol. The van der Waals surface area contributed by atoms with E-state index in [9.17, 15) is 28.8 Å². The Bertz CT molecular complexity index is 980. The van der Waals surface area contributed by atoms with Gasteiger partial charge in [-0.3, -0.25) is 9.59 Å². The largest absolute Gasteiger partial charge is 1.00 e. The van der Waals surface area contributed by atoms with Crippen molar-refractivity contribution in [2.75, 3.05) is 52.9 Å². The van der Waals surface area contributed by atoms with E-state index in [1.54, 1.807) is 0 Å². The van der Waals surface area contributed by atoms with Gasteiger partial charge in [-0.1, -0.05) is 26.3 Å². The summed E-state index contributed by atoms with van der Waals surface area (Å²) in [5, 5.41) is 85.5. The van der Waals surface area contributed by atoms with Crippen molar-refractivity contribution in [2.24, 2.45) is 10.8 Å². The number of ether oxygens (including phenoxy) is 2. The summed E-state index contributed by atoms with van der Waals surface area (Å²) in [5.74, 6) is -6.10. The fourth-order valence-electron chi connectivity index (χ4n) is 1.77. The zero-order valence-electron chi connectivity index (χ0n) is 27.6. The van der Waals surface area contributed by atoms with Crippen molar-refractivity contribution in [2.45, 2.75) is 26.7 Å². The van der Waals surface area contributed by atoms with Gasteiger partial charge in [0.25, 0.3) is 0 Å². The number of aliphatic carboxylic acids is 4. The van der Waals surface area contributed by atoms with Crippen molar-refractivity contribution in [3.63, 3.8) is 0 Å². The van der Waals surface area contributed by atoms with Gasteiger partial charge >= 0.3 is 87.2 Å². The van der Waals surface area contributed by atoms with Gasteiger partial charge in [-0.15, -0.1) is 0 Å². The summed E-state index contributed by atoms with van der Waals surface area (Å²) in [4.78, 5) is 61.3. The molecule has 0 aliphatic carbocycles. The molecule has 0 fully saturated rings. The van der Waals surface area contributed by atoms with Crippen molar-refractivity contribution in [1.29, 1.82) is 0 Å². The first-order valence-electron chi connectivity index (χ1n) is 12.7. The number of aliphatic hydroxyl groups excluding tert-OH is 6. The molecular weight excluding hydrogens is 663 g/mol. The zero-order chi connectivity index (χ0) is 37.3. The van der Waals surface area contributed by atoms with Gasteiger partial charge in [-0.25, -0.2) is 19.2 Å². The third-order valence-corrected chi connectivity index (χ3v) is 5.06. The van der Waals surface area contributed by atoms with Crippen LogP contribution in [-0.4, -0.2) is 140 Å². The van der Waals surface area contributed by atoms with E-state index in [0.29, 0.717) is 0 Å². The van der Waals surface area contributed by atoms with Gasteiger partial charge in [-0.05, 0) is 13.8 Å². The fourth-order valence-corrected chi connectivity index (χ4v) is 1.77. The van der Waals surface area contributed by atoms with E-state index in [-0.39, 0.29) is 88.3 Å². The average Bonchev–Trinajstić information content (AvgIpc) is 2.99. The topological polar surface area (TPSA) is 323 Å². The van der Waals surface area contributed by atoms with Crippen molar-refractivity contribution in [1.82, 2.24) is 0 Å². The summed E-state index contributed by atoms with van der Waals surface area (Å²) in [5.41, 5.74) is -2.50. The van der Waals surface area contributed by atoms with E-state index in [0.717, 1.165) is 0 Å². The summed E-state index contributed by atoms with van der Waals surface area (Å²) in [6, 6.07) is 0. The smallest absolute Gasteiger partial charge is 1.00 e. The van der Waals surface area contributed by atoms with Crippen molar-refractivity contribution < 1.29 is 142 Å². The molecule has 0 amide bonds. The van der Waals surface area contributed by atoms with Crippen LogP contribution >= 0.6 is 0 Å². The summed E-state index contributed by atoms with van der Waals surface area (Å²) in [6.45, 7) is 12.5. The van der Waals surface area contributed by atoms with E-state index in [1.807, 2.05) is 0 Å². The predicted molar refractivity (Wildman–Crippen MR) is 158 cm³/mol. The maximum atomic E-state index is 11.0. The first-order valence-corrected chi connectivity index (χ1v) is 12.7. The Morgan fingerprint density at radius 2 is 0.745 bits per heavy atom. The van der Waals surface area contributed by atoms with E-state index in [4.69, 9.17) is 60.5 Å². The number of carboxylic acid groups (broad SMARTS) is 4. The summed E-state index contributed by atoms with van der Waals surface area (Å²) < 4.78 is 9.45. The molecule has 18 nitrogen and oxygen atoms in total. The predicted octanol–water partition coefficient (Wildman–Crippen LogP) is -4.54. The molecule has 0 unspecified atom stereocenters. The molecule has 0 aromatic carbocycles. The van der Waals surface area contributed by atoms with Gasteiger partial charge < -0.3 is 62.0 Å². The van der Waals surface area contributed by atoms with E-state index in [1.165, 1.54) is 13.8 Å². The second-order valence-corrected chi connectivity index (χ2v) is 9.62. The molecule has 0 rings (SSSR count). The van der Waals surface area contributed by atoms with Crippen LogP contribution in [0.4, 0.5) is 0 Å². The number of rotatable bonds is 18. The SMILES string of the molecule is C=C(C)C(=O)OCC(CO)(CO)CO.C=C(C)C(=O)OCC(CO)(CO)CO.C=C(CC(=O)O)C(=O)O.C=C(CC(=O)O)C(=O)O.[H-].[K+]. The van der Waals surface area contributed by atoms with Crippen molar-refractivity contribution >= 4 is 35.8 Å². The molecule has 0 aliphatic heterocycles. The molecule has 0 bridgehead atoms. The third-order valence-electron chi connectivity index (χ3n) is 5.06. The van der Waals surface area contributed by atoms with E-state index >= 15 is 0 Å². The van der Waals surface area contributed by atoms with Gasteiger partial charge in [0.1, 0.15) is 13.2 Å². The summed E-state index contributed by atoms with van der Waals surface area (Å²) in [6.07, 6.45) is -1.01. The van der Waals surface area contributed by atoms with Gasteiger partial charge in [0, 0.05) is 22.3 Å². The van der Waals surface area contributed by atoms with Crippen LogP contribution in [0.15, 0.2) is 48.6 Å². The minimum atomic E-state index is -1.27. The Morgan fingerprint density at radius 1 is 0.532 bits per heavy atom. The zero-order valence-corrected chi connectivity index (χ0v) is 29.8. The minimum absolute atomic E-state index is 0. The van der Waals surface area contributed by atoms with Gasteiger partial charge in [-0.2, -0.15) is 0 Å². The van der Waals surface area contributed by atoms with Crippen molar-refractivity contribution in [3.8, 4) is 0 Å². The molecule has 47 heavy (non-hydrogen) atoms. The van der Waals surface area contributed by atoms with Crippen LogP contribution in [-0.2, 0) is 38.2 Å². The fraction of sp³-hybridized carbons (Fsp3) is 0.500. The van der Waals surface area contributed by atoms with Gasteiger partial charge in [0.2, 0.25) is 0 Å². The second kappa shape index (κ2) is 29.3. The molecule has 0 atom stereocenters. The number of carbonyl (C=O) groups is 6. The van der Waals surface area contributed by atoms with Crippen LogP contribution in [0.2, 0.25) is 0 Å². The van der Waals surface area contributed by atoms with E-state index < -0.39 is 99.1 Å². The van der Waals surface area contributed by atoms with Crippen LogP contribution in [0, 0.1) is 10.8 Å². The number of esters is 2. The monoisotopic (exact) mass is 708 g/mol. The molecule has 0 heterocycles. The molecule has 10 N–H and O–H groups in total. The van der Waals surface area contributed by atoms with E-state index in [2.05, 4.69) is 26.3 Å². The maximum Gasteiger partial charge on any atom is 1.00 e. The molecule has 0 saturated carbocycles. The molecule has 266 valence electrons. The minimum Gasteiger partial charge on any atom is -1.00 e. The Balaban J connectivity index is -0.000000123. The summed E-state index contributed by atoms with van der Waals surface area (Å²) >= 11 is 0. The molecule has 0 spiro atoms. The maximum absolute atomic E-state index is 11.0. The molecule has 0 saturated heterocycles. The summed E-state index contributed by atoms with van der Waals surface area (Å²) in [7, 11) is 0. The van der Waals surface area contributed by atoms with Crippen molar-refractivity contribution in [3.05, 3.63) is 48.6 Å². The van der Waals surface area contributed by atoms with Crippen LogP contribution in [0.3, 0.4) is 0 Å². The first-order chi connectivity index (χ1) is 21.1. The molecular formula is C28H45KO18. The molecule has 19 heteroatoms. The van der Waals surface area contributed by atoms with Crippen LogP contribution < -0.4 is 51.4 Å². The standard InChI is InChI=1S/2C9H16O5.2C5H6O4.K.H/c2*1-7(2)8(13)14-6-9(3-10,4-11)5-12;2*1-3(5(8)9)2-4(6)7;;/h2*10-12H,1,3-6H2,2H3;2*1-2H2,(H,6,7)(H,8,9);;/q;;;;+1;-1. The Hall–Kier alpha value is -2.82. The number of hydrogen-bond acceptors (Lipinski definition) is 14. The van der Waals surface area contributed by atoms with Gasteiger partial charge in [0.15, 0.2) is 0 Å². The molecule has 0 radical (unpaired) electrons. The third kappa shape index (κ3) is 28.0. The quantitative estimate of drug-likeness (QED) is 0.0364. The van der Waals surface area contributed by atoms with Gasteiger partial charge in [0.05, 0.1) is 63.3 Å². The number of hydrogen-bond donors (Lipinski definition) is 10. The number of aliphatic hydroxyl groups is 6. The second-order valence-electron chi connectivity index (χ2n) is 9.62. The molecule has 0 aliphatic rings. The Kier molecular flexibility index (Phi) is 33.5. The van der Waals surface area contributed by atoms with Crippen LogP contribution in [0.25, 0.3) is 0 Å². The van der Waals surface area contributed by atoms with Crippen LogP contribution in [0.5, 0.6) is 0 Å².